The maximum absolute atomic E-state index is 5.46. The van der Waals surface area contributed by atoms with E-state index in [1.54, 1.807) is 0 Å². The van der Waals surface area contributed by atoms with Crippen molar-refractivity contribution >= 4 is 49.1 Å². The molecule has 0 saturated carbocycles. The summed E-state index contributed by atoms with van der Waals surface area (Å²) in [4.78, 5) is 10.8. The highest BCUT2D eigenvalue weighted by Gasteiger charge is 2.37. The molecule has 2 heterocycles. The van der Waals surface area contributed by atoms with Crippen LogP contribution < -0.4 is 0 Å². The number of fused-ring (bicyclic) bond motifs is 6. The summed E-state index contributed by atoms with van der Waals surface area (Å²) in [5.74, 6) is 0.696. The summed E-state index contributed by atoms with van der Waals surface area (Å²) in [7, 11) is 0. The first-order valence-electron chi connectivity index (χ1n) is 16.9. The standard InChI is InChI=1S/C45H33N3/c1-45(2)36-19-9-6-17-33(36)41-40-31(15-12-20-37(40)45)27-35-32-16-8-11-22-39(32)48(43(35)41)44-46-38-21-10-7-18-34(38)42(47-44)30-25-23-29(24-26-30)28-13-4-3-5-14-28/h3-8,10-18,20-27H,9,19H2,1-2H3. The molecule has 2 aromatic heterocycles. The van der Waals surface area contributed by atoms with Crippen LogP contribution >= 0.6 is 0 Å². The largest absolute Gasteiger partial charge is 0.277 e. The smallest absolute Gasteiger partial charge is 0.235 e. The fourth-order valence-corrected chi connectivity index (χ4v) is 8.44. The molecule has 0 spiro atoms. The van der Waals surface area contributed by atoms with Crippen LogP contribution in [0.2, 0.25) is 0 Å². The van der Waals surface area contributed by atoms with E-state index in [-0.39, 0.29) is 5.41 Å². The van der Waals surface area contributed by atoms with Gasteiger partial charge in [0, 0.05) is 32.7 Å². The van der Waals surface area contributed by atoms with Gasteiger partial charge in [-0.1, -0.05) is 141 Å². The highest BCUT2D eigenvalue weighted by molar-refractivity contribution is 6.21. The zero-order valence-corrected chi connectivity index (χ0v) is 27.0. The van der Waals surface area contributed by atoms with Crippen LogP contribution in [-0.2, 0) is 5.41 Å². The van der Waals surface area contributed by atoms with Crippen molar-refractivity contribution in [3.8, 4) is 28.3 Å². The van der Waals surface area contributed by atoms with Gasteiger partial charge in [-0.3, -0.25) is 4.57 Å². The Bertz CT molecular complexity index is 2670. The lowest BCUT2D eigenvalue weighted by Crippen LogP contribution is -2.26. The molecule has 0 atom stereocenters. The topological polar surface area (TPSA) is 30.7 Å². The van der Waals surface area contributed by atoms with Crippen LogP contribution in [0.15, 0.2) is 145 Å². The molecule has 0 fully saturated rings. The van der Waals surface area contributed by atoms with E-state index >= 15 is 0 Å². The molecule has 3 nitrogen and oxygen atoms in total. The molecule has 0 saturated heterocycles. The number of nitrogens with zero attached hydrogens (tertiary/aromatic N) is 3. The van der Waals surface area contributed by atoms with Crippen LogP contribution in [0, 0.1) is 0 Å². The molecule has 0 aliphatic heterocycles. The van der Waals surface area contributed by atoms with Gasteiger partial charge in [-0.05, 0) is 64.1 Å². The molecule has 0 amide bonds. The molecule has 48 heavy (non-hydrogen) atoms. The van der Waals surface area contributed by atoms with E-state index in [0.717, 1.165) is 40.5 Å². The molecule has 0 bridgehead atoms. The number of allylic oxidation sites excluding steroid dienone is 4. The average molecular weight is 616 g/mol. The van der Waals surface area contributed by atoms with Crippen molar-refractivity contribution in [1.29, 1.82) is 0 Å². The molecule has 8 aromatic rings. The third-order valence-electron chi connectivity index (χ3n) is 10.7. The average Bonchev–Trinajstić information content (AvgIpc) is 3.47. The number of aromatic nitrogens is 3. The SMILES string of the molecule is CC1(C)C2=C(C=CCC2)c2c3c1cccc3cc1c3ccccc3n(-c3nc(-c4ccc(-c5ccccc5)cc4)c4ccccc4n3)c21. The van der Waals surface area contributed by atoms with Crippen molar-refractivity contribution in [2.75, 3.05) is 0 Å². The quantitative estimate of drug-likeness (QED) is 0.198. The van der Waals surface area contributed by atoms with Gasteiger partial charge in [-0.15, -0.1) is 0 Å². The second kappa shape index (κ2) is 10.1. The summed E-state index contributed by atoms with van der Waals surface area (Å²) in [6.07, 6.45) is 6.88. The molecule has 0 unspecified atom stereocenters. The highest BCUT2D eigenvalue weighted by atomic mass is 15.2. The Morgan fingerprint density at radius 2 is 1.38 bits per heavy atom. The monoisotopic (exact) mass is 615 g/mol. The summed E-state index contributed by atoms with van der Waals surface area (Å²) in [5.41, 5.74) is 13.2. The summed E-state index contributed by atoms with van der Waals surface area (Å²) < 4.78 is 2.34. The molecule has 228 valence electrons. The molecule has 0 radical (unpaired) electrons. The van der Waals surface area contributed by atoms with Crippen LogP contribution in [0.25, 0.3) is 77.4 Å². The Balaban J connectivity index is 1.31. The van der Waals surface area contributed by atoms with Gasteiger partial charge >= 0.3 is 0 Å². The van der Waals surface area contributed by atoms with E-state index in [4.69, 9.17) is 9.97 Å². The fraction of sp³-hybridized carbons (Fsp3) is 0.111. The molecule has 0 N–H and O–H groups in total. The van der Waals surface area contributed by atoms with E-state index in [2.05, 4.69) is 158 Å². The third-order valence-corrected chi connectivity index (χ3v) is 10.7. The van der Waals surface area contributed by atoms with Gasteiger partial charge in [0.25, 0.3) is 0 Å². The van der Waals surface area contributed by atoms with Crippen LogP contribution in [-0.4, -0.2) is 14.5 Å². The van der Waals surface area contributed by atoms with Crippen molar-refractivity contribution in [3.63, 3.8) is 0 Å². The van der Waals surface area contributed by atoms with Gasteiger partial charge in [-0.25, -0.2) is 9.97 Å². The van der Waals surface area contributed by atoms with Crippen molar-refractivity contribution in [2.24, 2.45) is 0 Å². The summed E-state index contributed by atoms with van der Waals surface area (Å²) in [6, 6.07) is 45.7. The Morgan fingerprint density at radius 3 is 2.23 bits per heavy atom. The Kier molecular flexibility index (Phi) is 5.75. The Labute approximate surface area is 279 Å². The Hall–Kier alpha value is -5.80. The molecule has 6 aromatic carbocycles. The first kappa shape index (κ1) is 27.3. The van der Waals surface area contributed by atoms with Gasteiger partial charge in [-0.2, -0.15) is 0 Å². The maximum atomic E-state index is 5.46. The van der Waals surface area contributed by atoms with Crippen molar-refractivity contribution in [2.45, 2.75) is 32.1 Å². The summed E-state index contributed by atoms with van der Waals surface area (Å²) >= 11 is 0. The fourth-order valence-electron chi connectivity index (χ4n) is 8.44. The lowest BCUT2D eigenvalue weighted by atomic mass is 9.65. The van der Waals surface area contributed by atoms with Gasteiger partial charge < -0.3 is 0 Å². The number of hydrogen-bond acceptors (Lipinski definition) is 2. The minimum absolute atomic E-state index is 0.0460. The first-order chi connectivity index (χ1) is 23.6. The number of para-hydroxylation sites is 2. The molecular formula is C45H33N3. The summed E-state index contributed by atoms with van der Waals surface area (Å²) in [6.45, 7) is 4.81. The molecule has 3 heteroatoms. The van der Waals surface area contributed by atoms with Crippen LogP contribution in [0.3, 0.4) is 0 Å². The Morgan fingerprint density at radius 1 is 0.646 bits per heavy atom. The van der Waals surface area contributed by atoms with E-state index in [0.29, 0.717) is 5.95 Å². The summed E-state index contributed by atoms with van der Waals surface area (Å²) in [5, 5.41) is 6.14. The van der Waals surface area contributed by atoms with Crippen molar-refractivity contribution in [1.82, 2.24) is 14.5 Å². The molecule has 2 aliphatic rings. The maximum Gasteiger partial charge on any atom is 0.235 e. The lowest BCUT2D eigenvalue weighted by molar-refractivity contribution is 0.595. The lowest BCUT2D eigenvalue weighted by Gasteiger charge is -2.38. The number of benzene rings is 6. The second-order valence-electron chi connectivity index (χ2n) is 13.7. The van der Waals surface area contributed by atoms with Crippen LogP contribution in [0.4, 0.5) is 0 Å². The van der Waals surface area contributed by atoms with Crippen LogP contribution in [0.5, 0.6) is 0 Å². The van der Waals surface area contributed by atoms with E-state index in [1.807, 2.05) is 0 Å². The van der Waals surface area contributed by atoms with Gasteiger partial charge in [0.1, 0.15) is 0 Å². The minimum Gasteiger partial charge on any atom is -0.277 e. The predicted octanol–water partition coefficient (Wildman–Crippen LogP) is 11.6. The van der Waals surface area contributed by atoms with Crippen LogP contribution in [0.1, 0.15) is 37.8 Å². The zero-order valence-electron chi connectivity index (χ0n) is 27.0. The molecule has 2 aliphatic carbocycles. The zero-order chi connectivity index (χ0) is 32.0. The second-order valence-corrected chi connectivity index (χ2v) is 13.7. The van der Waals surface area contributed by atoms with Gasteiger partial charge in [0.15, 0.2) is 0 Å². The first-order valence-corrected chi connectivity index (χ1v) is 16.9. The van der Waals surface area contributed by atoms with E-state index in [1.165, 1.54) is 60.5 Å². The number of rotatable bonds is 3. The van der Waals surface area contributed by atoms with Gasteiger partial charge in [0.05, 0.1) is 22.2 Å². The van der Waals surface area contributed by atoms with E-state index in [9.17, 15) is 0 Å². The normalized spacial score (nSPS) is 15.1. The van der Waals surface area contributed by atoms with Crippen molar-refractivity contribution < 1.29 is 0 Å². The molecule has 10 rings (SSSR count). The number of hydrogen-bond donors (Lipinski definition) is 0. The molecular weight excluding hydrogens is 583 g/mol. The highest BCUT2D eigenvalue weighted by Crippen LogP contribution is 2.53. The predicted molar refractivity (Wildman–Crippen MR) is 201 cm³/mol. The van der Waals surface area contributed by atoms with E-state index < -0.39 is 0 Å². The third kappa shape index (κ3) is 3.82. The van der Waals surface area contributed by atoms with Crippen molar-refractivity contribution in [3.05, 3.63) is 156 Å². The minimum atomic E-state index is -0.0460. The van der Waals surface area contributed by atoms with Gasteiger partial charge in [0.2, 0.25) is 5.95 Å².